The van der Waals surface area contributed by atoms with Gasteiger partial charge in [0.15, 0.2) is 8.07 Å². The van der Waals surface area contributed by atoms with Crippen LogP contribution < -0.4 is 25.6 Å². The Morgan fingerprint density at radius 2 is 0.846 bits per heavy atom. The zero-order valence-electron chi connectivity index (χ0n) is 35.4. The van der Waals surface area contributed by atoms with Crippen molar-refractivity contribution in [3.63, 3.8) is 0 Å². The summed E-state index contributed by atoms with van der Waals surface area (Å²) in [4.78, 5) is 4.95. The van der Waals surface area contributed by atoms with E-state index in [-0.39, 0.29) is 0 Å². The van der Waals surface area contributed by atoms with Crippen LogP contribution in [0.25, 0.3) is 33.1 Å². The van der Waals surface area contributed by atoms with Gasteiger partial charge in [-0.05, 0) is 115 Å². The fourth-order valence-electron chi connectivity index (χ4n) is 11.2. The van der Waals surface area contributed by atoms with Crippen molar-refractivity contribution >= 4 is 79.6 Å². The van der Waals surface area contributed by atoms with Crippen molar-refractivity contribution < 1.29 is 4.42 Å². The number of benzene rings is 10. The maximum Gasteiger partial charge on any atom is 0.180 e. The minimum absolute atomic E-state index is 0.609. The van der Waals surface area contributed by atoms with Gasteiger partial charge in [-0.25, -0.2) is 0 Å². The van der Waals surface area contributed by atoms with E-state index in [4.69, 9.17) is 4.42 Å². The third-order valence-corrected chi connectivity index (χ3v) is 19.9. The van der Waals surface area contributed by atoms with Gasteiger partial charge in [0.2, 0.25) is 0 Å². The number of nitrogens with zero attached hydrogens (tertiary/aromatic N) is 1. The Labute approximate surface area is 384 Å². The van der Waals surface area contributed by atoms with Crippen LogP contribution in [0.3, 0.4) is 0 Å². The lowest BCUT2D eigenvalue weighted by atomic mass is 9.64. The van der Waals surface area contributed by atoms with E-state index < -0.39 is 13.5 Å². The molecule has 0 atom stereocenters. The van der Waals surface area contributed by atoms with Gasteiger partial charge >= 0.3 is 0 Å². The highest BCUT2D eigenvalue weighted by molar-refractivity contribution is 7.99. The third-order valence-electron chi connectivity index (χ3n) is 13.9. The highest BCUT2D eigenvalue weighted by Gasteiger charge is 2.57. The lowest BCUT2D eigenvalue weighted by molar-refractivity contribution is 0.669. The molecule has 0 aliphatic carbocycles. The zero-order chi connectivity index (χ0) is 43.0. The van der Waals surface area contributed by atoms with E-state index in [0.717, 1.165) is 44.6 Å². The third kappa shape index (κ3) is 5.61. The lowest BCUT2D eigenvalue weighted by Crippen LogP contribution is -2.79. The first-order chi connectivity index (χ1) is 32.2. The van der Waals surface area contributed by atoms with E-state index in [1.54, 1.807) is 0 Å². The number of rotatable bonds is 6. The van der Waals surface area contributed by atoms with Crippen LogP contribution in [0.5, 0.6) is 0 Å². The van der Waals surface area contributed by atoms with E-state index in [1.165, 1.54) is 58.4 Å². The van der Waals surface area contributed by atoms with Gasteiger partial charge in [-0.3, -0.25) is 0 Å². The average Bonchev–Trinajstić information content (AvgIpc) is 3.75. The summed E-state index contributed by atoms with van der Waals surface area (Å²) in [7, 11) is -2.86. The maximum atomic E-state index is 6.74. The zero-order valence-corrected chi connectivity index (χ0v) is 37.3. The molecule has 0 saturated heterocycles. The van der Waals surface area contributed by atoms with Crippen LogP contribution in [0.4, 0.5) is 17.1 Å². The van der Waals surface area contributed by atoms with E-state index in [9.17, 15) is 0 Å². The van der Waals surface area contributed by atoms with Gasteiger partial charge in [-0.2, -0.15) is 0 Å². The van der Waals surface area contributed by atoms with Crippen molar-refractivity contribution in [2.45, 2.75) is 15.2 Å². The number of fused-ring (bicyclic) bond motifs is 11. The van der Waals surface area contributed by atoms with E-state index in [0.29, 0.717) is 0 Å². The van der Waals surface area contributed by atoms with Gasteiger partial charge in [0.05, 0.1) is 5.41 Å². The molecular weight excluding hydrogens is 823 g/mol. The Bertz CT molecular complexity index is 3500. The number of hydrogen-bond donors (Lipinski definition) is 0. The number of hydrogen-bond acceptors (Lipinski definition) is 3. The van der Waals surface area contributed by atoms with Gasteiger partial charge in [0.25, 0.3) is 0 Å². The lowest BCUT2D eigenvalue weighted by Gasteiger charge is -2.51. The van der Waals surface area contributed by atoms with Gasteiger partial charge in [0.1, 0.15) is 11.2 Å². The van der Waals surface area contributed by atoms with E-state index in [1.807, 2.05) is 11.8 Å². The average molecular weight is 864 g/mol. The molecule has 10 aromatic carbocycles. The van der Waals surface area contributed by atoms with Gasteiger partial charge in [-0.1, -0.05) is 194 Å². The van der Waals surface area contributed by atoms with E-state index >= 15 is 0 Å². The van der Waals surface area contributed by atoms with Crippen LogP contribution in [0.1, 0.15) is 22.3 Å². The highest BCUT2D eigenvalue weighted by atomic mass is 32.2. The fraction of sp³-hybridized carbons (Fsp3) is 0.0164. The summed E-state index contributed by atoms with van der Waals surface area (Å²) in [6, 6.07) is 92.4. The number of furan rings is 1. The topological polar surface area (TPSA) is 16.4 Å². The Morgan fingerprint density at radius 1 is 0.354 bits per heavy atom. The molecule has 1 spiro atoms. The first-order valence-electron chi connectivity index (χ1n) is 22.3. The molecule has 11 aromatic rings. The normalized spacial score (nSPS) is 14.0. The molecule has 0 fully saturated rings. The Hall–Kier alpha value is -7.63. The largest absolute Gasteiger partial charge is 0.456 e. The summed E-state index contributed by atoms with van der Waals surface area (Å²) in [5, 5.41) is 7.86. The number of para-hydroxylation sites is 1. The van der Waals surface area contributed by atoms with Gasteiger partial charge in [-0.15, -0.1) is 0 Å². The minimum Gasteiger partial charge on any atom is -0.456 e. The summed E-state index contributed by atoms with van der Waals surface area (Å²) < 4.78 is 6.74. The van der Waals surface area contributed by atoms with Crippen molar-refractivity contribution in [3.05, 3.63) is 271 Å². The first kappa shape index (κ1) is 37.9. The molecule has 1 aromatic heterocycles. The summed E-state index contributed by atoms with van der Waals surface area (Å²) in [5.41, 5.74) is 12.0. The van der Waals surface area contributed by atoms with Crippen LogP contribution in [-0.4, -0.2) is 8.07 Å². The number of anilines is 3. The predicted molar refractivity (Wildman–Crippen MR) is 273 cm³/mol. The second-order valence-electron chi connectivity index (χ2n) is 17.1. The predicted octanol–water partition coefficient (Wildman–Crippen LogP) is 13.3. The molecule has 0 bridgehead atoms. The van der Waals surface area contributed by atoms with Crippen LogP contribution in [0.15, 0.2) is 263 Å². The van der Waals surface area contributed by atoms with Crippen molar-refractivity contribution in [3.8, 4) is 11.1 Å². The molecule has 13 rings (SSSR count). The maximum absolute atomic E-state index is 6.74. The summed E-state index contributed by atoms with van der Waals surface area (Å²) in [6.07, 6.45) is 0. The molecule has 2 nitrogen and oxygen atoms in total. The van der Waals surface area contributed by atoms with Crippen LogP contribution in [-0.2, 0) is 5.41 Å². The highest BCUT2D eigenvalue weighted by Crippen LogP contribution is 2.57. The van der Waals surface area contributed by atoms with Gasteiger partial charge in [0, 0.05) is 43.7 Å². The molecule has 0 saturated carbocycles. The Balaban J connectivity index is 1.07. The molecule has 4 heteroatoms. The van der Waals surface area contributed by atoms with Crippen molar-refractivity contribution in [1.82, 2.24) is 0 Å². The molecule has 306 valence electrons. The second kappa shape index (κ2) is 15.0. The molecule has 65 heavy (non-hydrogen) atoms. The second-order valence-corrected chi connectivity index (χ2v) is 21.9. The minimum atomic E-state index is -2.86. The van der Waals surface area contributed by atoms with Crippen molar-refractivity contribution in [1.29, 1.82) is 0 Å². The SMILES string of the molecule is c1ccc(-c2ccc3c(c2)oc2cc(N(c4ccccc4)c4ccc5c(c4)C4(c6ccccc6S5)c5ccccc5[Si](c5ccccc5)(c5ccccc5)c5ccccc54)ccc23)cc1. The van der Waals surface area contributed by atoms with Crippen LogP contribution in [0, 0.1) is 0 Å². The van der Waals surface area contributed by atoms with E-state index in [2.05, 4.69) is 254 Å². The van der Waals surface area contributed by atoms with Crippen molar-refractivity contribution in [2.24, 2.45) is 0 Å². The smallest absolute Gasteiger partial charge is 0.180 e. The summed E-state index contributed by atoms with van der Waals surface area (Å²) in [5.74, 6) is 0. The molecule has 2 aliphatic heterocycles. The quantitative estimate of drug-likeness (QED) is 0.155. The molecule has 0 N–H and O–H groups in total. The molecule has 0 amide bonds. The van der Waals surface area contributed by atoms with Crippen molar-refractivity contribution in [2.75, 3.05) is 4.90 Å². The summed E-state index contributed by atoms with van der Waals surface area (Å²) in [6.45, 7) is 0. The molecule has 2 aliphatic rings. The monoisotopic (exact) mass is 863 g/mol. The fourth-order valence-corrected chi connectivity index (χ4v) is 17.7. The molecular formula is C61H41NOSSi. The molecule has 0 radical (unpaired) electrons. The molecule has 3 heterocycles. The van der Waals surface area contributed by atoms with Crippen LogP contribution >= 0.6 is 11.8 Å². The van der Waals surface area contributed by atoms with Gasteiger partial charge < -0.3 is 9.32 Å². The standard InChI is InChI=1S/C61H41NOSSi/c1-5-19-42(20-6-1)43-33-36-49-50-37-34-46(41-56(50)63-55(49)39-43)62(44-21-7-2-8-22-44)45-35-38-58-54(40-45)61(51-27-13-16-30-57(51)64-58)52-28-14-17-31-59(52)65(47-23-9-3-10-24-47,48-25-11-4-12-26-48)60-32-18-15-29-53(60)61/h1-41H. The summed E-state index contributed by atoms with van der Waals surface area (Å²) >= 11 is 1.89. The first-order valence-corrected chi connectivity index (χ1v) is 25.1. The van der Waals surface area contributed by atoms with Crippen LogP contribution in [0.2, 0.25) is 0 Å². The Morgan fingerprint density at radius 3 is 1.51 bits per heavy atom. The Kier molecular flexibility index (Phi) is 8.74. The molecule has 0 unspecified atom stereocenters.